The van der Waals surface area contributed by atoms with E-state index in [2.05, 4.69) is 52.1 Å². The minimum Gasteiger partial charge on any atom is -0.324 e. The molecule has 0 spiro atoms. The van der Waals surface area contributed by atoms with Gasteiger partial charge in [0.1, 0.15) is 5.82 Å². The number of hydrogen-bond donors (Lipinski definition) is 1. The molecule has 1 N–H and O–H groups in total. The lowest BCUT2D eigenvalue weighted by Gasteiger charge is -2.14. The molecule has 112 valence electrons. The van der Waals surface area contributed by atoms with Crippen molar-refractivity contribution in [3.05, 3.63) is 60.2 Å². The Morgan fingerprint density at radius 3 is 2.77 bits per heavy atom. The van der Waals surface area contributed by atoms with Crippen LogP contribution in [0.1, 0.15) is 43.4 Å². The van der Waals surface area contributed by atoms with Crippen molar-refractivity contribution in [1.29, 1.82) is 0 Å². The summed E-state index contributed by atoms with van der Waals surface area (Å²) in [7, 11) is 0. The van der Waals surface area contributed by atoms with Gasteiger partial charge in [0.2, 0.25) is 0 Å². The first-order chi connectivity index (χ1) is 10.8. The molecule has 0 saturated heterocycles. The maximum absolute atomic E-state index is 4.82. The quantitative estimate of drug-likeness (QED) is 0.781. The van der Waals surface area contributed by atoms with Gasteiger partial charge in [-0.15, -0.1) is 0 Å². The van der Waals surface area contributed by atoms with Gasteiger partial charge in [-0.2, -0.15) is 0 Å². The summed E-state index contributed by atoms with van der Waals surface area (Å²) in [6.45, 7) is 2.91. The normalized spacial score (nSPS) is 16.0. The Kier molecular flexibility index (Phi) is 3.39. The highest BCUT2D eigenvalue weighted by molar-refractivity contribution is 5.76. The van der Waals surface area contributed by atoms with E-state index in [-0.39, 0.29) is 6.04 Å². The second-order valence-electron chi connectivity index (χ2n) is 5.98. The van der Waals surface area contributed by atoms with Crippen LogP contribution < -0.4 is 5.32 Å². The summed E-state index contributed by atoms with van der Waals surface area (Å²) in [6, 6.07) is 15.3. The minimum atomic E-state index is 0.216. The molecule has 4 nitrogen and oxygen atoms in total. The van der Waals surface area contributed by atoms with E-state index in [0.717, 1.165) is 23.6 Å². The van der Waals surface area contributed by atoms with E-state index in [1.54, 1.807) is 0 Å². The number of para-hydroxylation sites is 2. The molecule has 1 atom stereocenters. The van der Waals surface area contributed by atoms with Crippen LogP contribution >= 0.6 is 0 Å². The maximum Gasteiger partial charge on any atom is 0.124 e. The number of nitrogens with one attached hydrogen (secondary N) is 1. The molecule has 2 heterocycles. The molecule has 0 unspecified atom stereocenters. The van der Waals surface area contributed by atoms with Gasteiger partial charge in [0.25, 0.3) is 0 Å². The smallest absolute Gasteiger partial charge is 0.124 e. The molecule has 0 bridgehead atoms. The summed E-state index contributed by atoms with van der Waals surface area (Å²) in [5, 5.41) is 3.55. The van der Waals surface area contributed by atoms with Crippen LogP contribution in [0.3, 0.4) is 0 Å². The topological polar surface area (TPSA) is 42.7 Å². The molecule has 4 heteroatoms. The Morgan fingerprint density at radius 2 is 2.00 bits per heavy atom. The van der Waals surface area contributed by atoms with E-state index in [1.165, 1.54) is 18.4 Å². The van der Waals surface area contributed by atoms with E-state index in [9.17, 15) is 0 Å². The summed E-state index contributed by atoms with van der Waals surface area (Å²) in [4.78, 5) is 9.23. The molecule has 1 aromatic carbocycles. The minimum absolute atomic E-state index is 0.216. The fourth-order valence-electron chi connectivity index (χ4n) is 2.94. The number of fused-ring (bicyclic) bond motifs is 1. The van der Waals surface area contributed by atoms with Gasteiger partial charge >= 0.3 is 0 Å². The van der Waals surface area contributed by atoms with E-state index in [0.29, 0.717) is 6.04 Å². The van der Waals surface area contributed by atoms with Crippen molar-refractivity contribution in [3.8, 4) is 0 Å². The number of aromatic nitrogens is 3. The number of nitrogens with zero attached hydrogens (tertiary/aromatic N) is 3. The molecule has 3 aromatic rings. The lowest BCUT2D eigenvalue weighted by atomic mass is 10.2. The third-order valence-electron chi connectivity index (χ3n) is 4.28. The molecule has 1 saturated carbocycles. The van der Waals surface area contributed by atoms with Crippen molar-refractivity contribution < 1.29 is 0 Å². The lowest BCUT2D eigenvalue weighted by molar-refractivity contribution is 0.531. The van der Waals surface area contributed by atoms with Crippen molar-refractivity contribution in [2.24, 2.45) is 0 Å². The Labute approximate surface area is 130 Å². The average Bonchev–Trinajstić information content (AvgIpc) is 3.33. The number of hydrogen-bond acceptors (Lipinski definition) is 3. The predicted molar refractivity (Wildman–Crippen MR) is 87.5 cm³/mol. The highest BCUT2D eigenvalue weighted by Crippen LogP contribution is 2.38. The van der Waals surface area contributed by atoms with Crippen molar-refractivity contribution in [3.63, 3.8) is 0 Å². The fourth-order valence-corrected chi connectivity index (χ4v) is 2.94. The first-order valence-electron chi connectivity index (χ1n) is 7.93. The van der Waals surface area contributed by atoms with E-state index >= 15 is 0 Å². The van der Waals surface area contributed by atoms with Crippen LogP contribution in [-0.2, 0) is 6.54 Å². The highest BCUT2D eigenvalue weighted by Gasteiger charge is 2.28. The molecule has 1 aliphatic carbocycles. The van der Waals surface area contributed by atoms with Gasteiger partial charge in [-0.3, -0.25) is 4.98 Å². The summed E-state index contributed by atoms with van der Waals surface area (Å²) < 4.78 is 2.41. The Hall–Kier alpha value is -2.20. The van der Waals surface area contributed by atoms with Crippen LogP contribution in [0, 0.1) is 0 Å². The van der Waals surface area contributed by atoms with E-state index in [1.807, 2.05) is 18.3 Å². The van der Waals surface area contributed by atoms with Crippen LogP contribution in [0.15, 0.2) is 48.7 Å². The summed E-state index contributed by atoms with van der Waals surface area (Å²) in [5.74, 6) is 1.13. The Bertz CT molecular complexity index is 774. The van der Waals surface area contributed by atoms with Crippen LogP contribution in [0.25, 0.3) is 11.0 Å². The van der Waals surface area contributed by atoms with Gasteiger partial charge in [0, 0.05) is 18.3 Å². The monoisotopic (exact) mass is 292 g/mol. The molecular formula is C18H20N4. The summed E-state index contributed by atoms with van der Waals surface area (Å²) in [5.41, 5.74) is 3.42. The van der Waals surface area contributed by atoms with Gasteiger partial charge in [-0.05, 0) is 44.0 Å². The molecule has 1 fully saturated rings. The molecule has 22 heavy (non-hydrogen) atoms. The largest absolute Gasteiger partial charge is 0.324 e. The van der Waals surface area contributed by atoms with Crippen LogP contribution in [-0.4, -0.2) is 14.5 Å². The zero-order valence-electron chi connectivity index (χ0n) is 12.7. The van der Waals surface area contributed by atoms with Gasteiger partial charge in [0.05, 0.1) is 23.3 Å². The van der Waals surface area contributed by atoms with Crippen LogP contribution in [0.4, 0.5) is 0 Å². The Balaban J connectivity index is 1.58. The molecule has 2 aromatic heterocycles. The van der Waals surface area contributed by atoms with E-state index in [4.69, 9.17) is 4.98 Å². The zero-order valence-corrected chi connectivity index (χ0v) is 12.7. The molecule has 1 aliphatic rings. The maximum atomic E-state index is 4.82. The zero-order chi connectivity index (χ0) is 14.9. The number of pyridine rings is 1. The van der Waals surface area contributed by atoms with Crippen LogP contribution in [0.5, 0.6) is 0 Å². The fraction of sp³-hybridized carbons (Fsp3) is 0.333. The first-order valence-corrected chi connectivity index (χ1v) is 7.93. The van der Waals surface area contributed by atoms with Crippen LogP contribution in [0.2, 0.25) is 0 Å². The molecule has 0 amide bonds. The molecular weight excluding hydrogens is 272 g/mol. The van der Waals surface area contributed by atoms with Crippen molar-refractivity contribution in [2.45, 2.75) is 38.4 Å². The Morgan fingerprint density at radius 1 is 1.18 bits per heavy atom. The average molecular weight is 292 g/mol. The number of benzene rings is 1. The molecule has 0 aliphatic heterocycles. The number of rotatable bonds is 5. The van der Waals surface area contributed by atoms with Crippen molar-refractivity contribution >= 4 is 11.0 Å². The van der Waals surface area contributed by atoms with Crippen molar-refractivity contribution in [1.82, 2.24) is 19.9 Å². The number of imidazole rings is 1. The predicted octanol–water partition coefficient (Wildman–Crippen LogP) is 3.62. The van der Waals surface area contributed by atoms with Gasteiger partial charge in [-0.1, -0.05) is 18.2 Å². The molecule has 0 radical (unpaired) electrons. The standard InChI is InChI=1S/C18H20N4/c1-13(15-6-4-5-11-19-15)20-12-18-21-16-7-2-3-8-17(16)22(18)14-9-10-14/h2-8,11,13-14,20H,9-10,12H2,1H3/t13-/m0/s1. The van der Waals surface area contributed by atoms with Gasteiger partial charge in [-0.25, -0.2) is 4.98 Å². The third kappa shape index (κ3) is 2.50. The summed E-state index contributed by atoms with van der Waals surface area (Å²) >= 11 is 0. The third-order valence-corrected chi connectivity index (χ3v) is 4.28. The second-order valence-corrected chi connectivity index (χ2v) is 5.98. The lowest BCUT2D eigenvalue weighted by Crippen LogP contribution is -2.21. The molecule has 4 rings (SSSR count). The highest BCUT2D eigenvalue weighted by atomic mass is 15.2. The van der Waals surface area contributed by atoms with Gasteiger partial charge < -0.3 is 9.88 Å². The van der Waals surface area contributed by atoms with Crippen molar-refractivity contribution in [2.75, 3.05) is 0 Å². The van der Waals surface area contributed by atoms with E-state index < -0.39 is 0 Å². The second kappa shape index (κ2) is 5.54. The van der Waals surface area contributed by atoms with Gasteiger partial charge in [0.15, 0.2) is 0 Å². The summed E-state index contributed by atoms with van der Waals surface area (Å²) in [6.07, 6.45) is 4.37. The SMILES string of the molecule is C[C@H](NCc1nc2ccccc2n1C1CC1)c1ccccn1. The first kappa shape index (κ1) is 13.5.